The molecule has 4 N–H and O–H groups in total. The van der Waals surface area contributed by atoms with Crippen LogP contribution in [0.1, 0.15) is 24.6 Å². The number of halogens is 3. The first-order valence-corrected chi connectivity index (χ1v) is 6.51. The monoisotopic (exact) mass is 309 g/mol. The van der Waals surface area contributed by atoms with E-state index in [1.54, 1.807) is 6.92 Å². The Morgan fingerprint density at radius 3 is 2.65 bits per heavy atom. The lowest BCUT2D eigenvalue weighted by molar-refractivity contribution is -0.141. The highest BCUT2D eigenvalue weighted by Gasteiger charge is 2.33. The van der Waals surface area contributed by atoms with Gasteiger partial charge in [-0.1, -0.05) is 12.1 Å². The molecule has 20 heavy (non-hydrogen) atoms. The number of pyridine rings is 1. The molecule has 0 amide bonds. The Morgan fingerprint density at radius 1 is 1.50 bits per heavy atom. The van der Waals surface area contributed by atoms with Crippen molar-refractivity contribution in [3.8, 4) is 0 Å². The molecular formula is C11H14F3N3O2S. The van der Waals surface area contributed by atoms with Gasteiger partial charge in [0.1, 0.15) is 10.7 Å². The summed E-state index contributed by atoms with van der Waals surface area (Å²) in [5.74, 6) is -0.315. The molecule has 1 aromatic heterocycles. The number of aromatic nitrogens is 1. The minimum Gasteiger partial charge on any atom is -0.409 e. The summed E-state index contributed by atoms with van der Waals surface area (Å²) < 4.78 is 37.9. The molecule has 0 aliphatic heterocycles. The van der Waals surface area contributed by atoms with Gasteiger partial charge in [0.05, 0.1) is 5.56 Å². The number of oxime groups is 1. The fourth-order valence-electron chi connectivity index (χ4n) is 1.37. The van der Waals surface area contributed by atoms with Gasteiger partial charge in [-0.05, 0) is 18.6 Å². The summed E-state index contributed by atoms with van der Waals surface area (Å²) in [4.78, 5) is 3.52. The fourth-order valence-corrected chi connectivity index (χ4v) is 2.42. The molecule has 0 aliphatic carbocycles. The lowest BCUT2D eigenvalue weighted by Crippen LogP contribution is -2.18. The number of hydrogen-bond donors (Lipinski definition) is 3. The van der Waals surface area contributed by atoms with Crippen molar-refractivity contribution in [2.24, 2.45) is 10.9 Å². The highest BCUT2D eigenvalue weighted by atomic mass is 32.2. The lowest BCUT2D eigenvalue weighted by atomic mass is 10.2. The fraction of sp³-hybridized carbons (Fsp3) is 0.455. The highest BCUT2D eigenvalue weighted by Crippen LogP contribution is 2.32. The number of aliphatic hydroxyl groups excluding tert-OH is 1. The number of rotatable bonds is 5. The summed E-state index contributed by atoms with van der Waals surface area (Å²) in [6.07, 6.45) is -4.18. The van der Waals surface area contributed by atoms with Crippen molar-refractivity contribution in [3.63, 3.8) is 0 Å². The SMILES string of the molecule is CC(CCO)Sc1nc(C(F)(F)F)ccc1C(N)=NO. The second-order valence-electron chi connectivity index (χ2n) is 3.97. The van der Waals surface area contributed by atoms with E-state index in [0.717, 1.165) is 23.9 Å². The van der Waals surface area contributed by atoms with Gasteiger partial charge in [0.2, 0.25) is 0 Å². The third-order valence-corrected chi connectivity index (χ3v) is 3.56. The first-order chi connectivity index (χ1) is 9.29. The zero-order chi connectivity index (χ0) is 15.3. The molecule has 0 aliphatic rings. The Hall–Kier alpha value is -1.48. The second kappa shape index (κ2) is 6.80. The van der Waals surface area contributed by atoms with Crippen LogP contribution in [0.5, 0.6) is 0 Å². The first-order valence-electron chi connectivity index (χ1n) is 5.63. The number of aliphatic hydroxyl groups is 1. The standard InChI is InChI=1S/C11H14F3N3O2S/c1-6(4-5-18)20-10-7(9(15)17-19)2-3-8(16-10)11(12,13)14/h2-3,6,18-19H,4-5H2,1H3,(H2,15,17). The molecule has 9 heteroatoms. The van der Waals surface area contributed by atoms with Crippen molar-refractivity contribution < 1.29 is 23.5 Å². The third kappa shape index (κ3) is 4.27. The maximum Gasteiger partial charge on any atom is 0.433 e. The minimum atomic E-state index is -4.57. The van der Waals surface area contributed by atoms with Gasteiger partial charge < -0.3 is 16.0 Å². The van der Waals surface area contributed by atoms with Crippen LogP contribution in [0.3, 0.4) is 0 Å². The zero-order valence-electron chi connectivity index (χ0n) is 10.6. The van der Waals surface area contributed by atoms with Gasteiger partial charge in [-0.15, -0.1) is 11.8 Å². The van der Waals surface area contributed by atoms with E-state index in [0.29, 0.717) is 6.42 Å². The summed E-state index contributed by atoms with van der Waals surface area (Å²) in [5, 5.41) is 20.1. The summed E-state index contributed by atoms with van der Waals surface area (Å²) in [7, 11) is 0. The van der Waals surface area contributed by atoms with Crippen molar-refractivity contribution in [3.05, 3.63) is 23.4 Å². The van der Waals surface area contributed by atoms with Gasteiger partial charge in [-0.2, -0.15) is 13.2 Å². The van der Waals surface area contributed by atoms with Gasteiger partial charge in [0.15, 0.2) is 5.84 Å². The molecule has 0 aromatic carbocycles. The zero-order valence-corrected chi connectivity index (χ0v) is 11.4. The Labute approximate surface area is 117 Å². The van der Waals surface area contributed by atoms with Gasteiger partial charge in [0, 0.05) is 11.9 Å². The molecule has 1 heterocycles. The summed E-state index contributed by atoms with van der Waals surface area (Å²) in [6, 6.07) is 1.88. The smallest absolute Gasteiger partial charge is 0.409 e. The van der Waals surface area contributed by atoms with Crippen molar-refractivity contribution in [1.29, 1.82) is 0 Å². The molecule has 1 atom stereocenters. The highest BCUT2D eigenvalue weighted by molar-refractivity contribution is 7.99. The maximum atomic E-state index is 12.6. The topological polar surface area (TPSA) is 91.7 Å². The molecule has 1 rings (SSSR count). The van der Waals surface area contributed by atoms with Crippen molar-refractivity contribution in [2.75, 3.05) is 6.61 Å². The van der Waals surface area contributed by atoms with Crippen LogP contribution in [0.25, 0.3) is 0 Å². The quantitative estimate of drug-likeness (QED) is 0.254. The third-order valence-electron chi connectivity index (χ3n) is 2.38. The van der Waals surface area contributed by atoms with E-state index < -0.39 is 11.9 Å². The van der Waals surface area contributed by atoms with Crippen molar-refractivity contribution >= 4 is 17.6 Å². The van der Waals surface area contributed by atoms with E-state index >= 15 is 0 Å². The van der Waals surface area contributed by atoms with Gasteiger partial charge in [0.25, 0.3) is 0 Å². The molecule has 0 fully saturated rings. The van der Waals surface area contributed by atoms with Crippen LogP contribution in [0.4, 0.5) is 13.2 Å². The predicted octanol–water partition coefficient (Wildman–Crippen LogP) is 2.06. The van der Waals surface area contributed by atoms with E-state index in [2.05, 4.69) is 10.1 Å². The lowest BCUT2D eigenvalue weighted by Gasteiger charge is -2.14. The van der Waals surface area contributed by atoms with Crippen LogP contribution in [0.15, 0.2) is 22.3 Å². The van der Waals surface area contributed by atoms with Crippen LogP contribution < -0.4 is 5.73 Å². The summed E-state index contributed by atoms with van der Waals surface area (Å²) >= 11 is 1.03. The molecule has 5 nitrogen and oxygen atoms in total. The van der Waals surface area contributed by atoms with Crippen LogP contribution in [-0.4, -0.2) is 33.0 Å². The Balaban J connectivity index is 3.20. The van der Waals surface area contributed by atoms with Crippen LogP contribution in [0.2, 0.25) is 0 Å². The number of nitrogens with two attached hydrogens (primary N) is 1. The largest absolute Gasteiger partial charge is 0.433 e. The van der Waals surface area contributed by atoms with E-state index in [1.807, 2.05) is 0 Å². The average Bonchev–Trinajstić information content (AvgIpc) is 2.37. The van der Waals surface area contributed by atoms with Crippen LogP contribution in [0, 0.1) is 0 Å². The molecule has 0 bridgehead atoms. The molecule has 1 unspecified atom stereocenters. The minimum absolute atomic E-state index is 0.0103. The normalized spacial score (nSPS) is 14.3. The molecule has 112 valence electrons. The number of amidine groups is 1. The molecule has 0 saturated carbocycles. The molecular weight excluding hydrogens is 295 g/mol. The van der Waals surface area contributed by atoms with E-state index in [1.165, 1.54) is 0 Å². The average molecular weight is 309 g/mol. The first kappa shape index (κ1) is 16.6. The molecule has 0 radical (unpaired) electrons. The van der Waals surface area contributed by atoms with Crippen LogP contribution in [-0.2, 0) is 6.18 Å². The summed E-state index contributed by atoms with van der Waals surface area (Å²) in [6.45, 7) is 1.64. The Bertz CT molecular complexity index is 494. The van der Waals surface area contributed by atoms with Gasteiger partial charge in [-0.25, -0.2) is 4.98 Å². The van der Waals surface area contributed by atoms with Crippen molar-refractivity contribution in [2.45, 2.75) is 29.8 Å². The van der Waals surface area contributed by atoms with E-state index in [-0.39, 0.29) is 28.3 Å². The Morgan fingerprint density at radius 2 is 2.15 bits per heavy atom. The van der Waals surface area contributed by atoms with E-state index in [4.69, 9.17) is 16.0 Å². The molecule has 0 spiro atoms. The Kier molecular flexibility index (Phi) is 5.63. The van der Waals surface area contributed by atoms with E-state index in [9.17, 15) is 13.2 Å². The molecule has 1 aromatic rings. The van der Waals surface area contributed by atoms with Gasteiger partial charge >= 0.3 is 6.18 Å². The number of alkyl halides is 3. The molecule has 0 saturated heterocycles. The maximum absolute atomic E-state index is 12.6. The van der Waals surface area contributed by atoms with Crippen molar-refractivity contribution in [1.82, 2.24) is 4.98 Å². The second-order valence-corrected chi connectivity index (χ2v) is 5.40. The van der Waals surface area contributed by atoms with Gasteiger partial charge in [-0.3, -0.25) is 0 Å². The number of nitrogens with zero attached hydrogens (tertiary/aromatic N) is 2. The predicted molar refractivity (Wildman–Crippen MR) is 68.8 cm³/mol. The number of thioether (sulfide) groups is 1. The number of hydrogen-bond acceptors (Lipinski definition) is 5. The summed E-state index contributed by atoms with van der Waals surface area (Å²) in [5.41, 5.74) is 4.49. The van der Waals surface area contributed by atoms with Crippen LogP contribution >= 0.6 is 11.8 Å².